The fourth-order valence-electron chi connectivity index (χ4n) is 2.72. The van der Waals surface area contributed by atoms with Crippen molar-refractivity contribution in [2.45, 2.75) is 39.7 Å². The zero-order valence-electron chi connectivity index (χ0n) is 13.0. The fourth-order valence-corrected chi connectivity index (χ4v) is 2.72. The molecule has 0 saturated heterocycles. The highest BCUT2D eigenvalue weighted by molar-refractivity contribution is 5.35. The van der Waals surface area contributed by atoms with Gasteiger partial charge in [-0.25, -0.2) is 4.39 Å². The van der Waals surface area contributed by atoms with E-state index in [4.69, 9.17) is 0 Å². The van der Waals surface area contributed by atoms with Crippen LogP contribution in [0.15, 0.2) is 36.7 Å². The van der Waals surface area contributed by atoms with Crippen LogP contribution < -0.4 is 5.32 Å². The molecule has 1 atom stereocenters. The smallest absolute Gasteiger partial charge is 0.128 e. The van der Waals surface area contributed by atoms with Crippen molar-refractivity contribution in [2.75, 3.05) is 6.54 Å². The quantitative estimate of drug-likeness (QED) is 0.864. The molecule has 0 aliphatic rings. The van der Waals surface area contributed by atoms with Crippen molar-refractivity contribution >= 4 is 0 Å². The van der Waals surface area contributed by atoms with Gasteiger partial charge in [-0.1, -0.05) is 13.0 Å². The molecule has 0 amide bonds. The van der Waals surface area contributed by atoms with Crippen LogP contribution in [0.2, 0.25) is 0 Å². The van der Waals surface area contributed by atoms with Crippen molar-refractivity contribution in [3.63, 3.8) is 0 Å². The van der Waals surface area contributed by atoms with Crippen LogP contribution in [-0.2, 0) is 6.42 Å². The Morgan fingerprint density at radius 2 is 1.90 bits per heavy atom. The van der Waals surface area contributed by atoms with Gasteiger partial charge in [-0.05, 0) is 68.1 Å². The van der Waals surface area contributed by atoms with Crippen molar-refractivity contribution in [2.24, 2.45) is 0 Å². The molecule has 0 spiro atoms. The van der Waals surface area contributed by atoms with E-state index in [1.54, 1.807) is 18.5 Å². The summed E-state index contributed by atoms with van der Waals surface area (Å²) in [5.41, 5.74) is 3.92. The van der Waals surface area contributed by atoms with Crippen molar-refractivity contribution < 1.29 is 4.39 Å². The number of pyridine rings is 1. The average Bonchev–Trinajstić information content (AvgIpc) is 2.44. The van der Waals surface area contributed by atoms with Crippen molar-refractivity contribution in [3.05, 3.63) is 64.7 Å². The highest BCUT2D eigenvalue weighted by atomic mass is 19.1. The standard InChI is InChI=1S/C18H23FN2/c1-4-7-21-17(12-15-5-8-20-9-6-15)18-14(3)10-13(2)11-16(18)19/h5-6,8-11,17,21H,4,7,12H2,1-3H3. The van der Waals surface area contributed by atoms with Crippen LogP contribution in [0.4, 0.5) is 4.39 Å². The number of nitrogens with zero attached hydrogens (tertiary/aromatic N) is 1. The number of hydrogen-bond acceptors (Lipinski definition) is 2. The zero-order valence-corrected chi connectivity index (χ0v) is 13.0. The molecule has 0 aliphatic heterocycles. The lowest BCUT2D eigenvalue weighted by molar-refractivity contribution is 0.494. The Labute approximate surface area is 126 Å². The minimum absolute atomic E-state index is 0.00653. The summed E-state index contributed by atoms with van der Waals surface area (Å²) < 4.78 is 14.4. The number of hydrogen-bond donors (Lipinski definition) is 1. The number of aromatic nitrogens is 1. The second-order valence-electron chi connectivity index (χ2n) is 5.54. The molecule has 3 heteroatoms. The number of rotatable bonds is 6. The number of halogens is 1. The largest absolute Gasteiger partial charge is 0.310 e. The Hall–Kier alpha value is -1.74. The summed E-state index contributed by atoms with van der Waals surface area (Å²) in [4.78, 5) is 4.04. The molecular weight excluding hydrogens is 263 g/mol. The molecule has 0 fully saturated rings. The summed E-state index contributed by atoms with van der Waals surface area (Å²) in [6.45, 7) is 6.91. The van der Waals surface area contributed by atoms with Gasteiger partial charge in [0.25, 0.3) is 0 Å². The summed E-state index contributed by atoms with van der Waals surface area (Å²) in [5, 5.41) is 3.47. The number of nitrogens with one attached hydrogen (secondary N) is 1. The van der Waals surface area contributed by atoms with Crippen LogP contribution in [0, 0.1) is 19.7 Å². The second-order valence-corrected chi connectivity index (χ2v) is 5.54. The molecule has 0 aliphatic carbocycles. The van der Waals surface area contributed by atoms with Gasteiger partial charge >= 0.3 is 0 Å². The van der Waals surface area contributed by atoms with Crippen LogP contribution in [-0.4, -0.2) is 11.5 Å². The van der Waals surface area contributed by atoms with Gasteiger partial charge in [0.1, 0.15) is 5.82 Å². The monoisotopic (exact) mass is 286 g/mol. The maximum Gasteiger partial charge on any atom is 0.128 e. The molecule has 21 heavy (non-hydrogen) atoms. The minimum atomic E-state index is -0.116. The molecule has 0 saturated carbocycles. The Morgan fingerprint density at radius 3 is 2.52 bits per heavy atom. The second kappa shape index (κ2) is 7.32. The average molecular weight is 286 g/mol. The van der Waals surface area contributed by atoms with E-state index < -0.39 is 0 Å². The molecule has 2 nitrogen and oxygen atoms in total. The lowest BCUT2D eigenvalue weighted by atomic mass is 9.93. The van der Waals surface area contributed by atoms with Crippen LogP contribution in [0.3, 0.4) is 0 Å². The van der Waals surface area contributed by atoms with Gasteiger partial charge in [0.2, 0.25) is 0 Å². The third-order valence-corrected chi connectivity index (χ3v) is 3.66. The summed E-state index contributed by atoms with van der Waals surface area (Å²) in [7, 11) is 0. The first-order valence-corrected chi connectivity index (χ1v) is 7.50. The van der Waals surface area contributed by atoms with E-state index in [9.17, 15) is 4.39 Å². The van der Waals surface area contributed by atoms with Gasteiger partial charge in [0.05, 0.1) is 0 Å². The van der Waals surface area contributed by atoms with E-state index in [0.29, 0.717) is 0 Å². The molecular formula is C18H23FN2. The molecule has 1 unspecified atom stereocenters. The van der Waals surface area contributed by atoms with Crippen LogP contribution in [0.1, 0.15) is 41.6 Å². The Morgan fingerprint density at radius 1 is 1.19 bits per heavy atom. The van der Waals surface area contributed by atoms with Crippen LogP contribution in [0.5, 0.6) is 0 Å². The third-order valence-electron chi connectivity index (χ3n) is 3.66. The van der Waals surface area contributed by atoms with Crippen molar-refractivity contribution in [3.8, 4) is 0 Å². The molecule has 2 rings (SSSR count). The van der Waals surface area contributed by atoms with Gasteiger partial charge in [-0.2, -0.15) is 0 Å². The molecule has 1 heterocycles. The van der Waals surface area contributed by atoms with Crippen LogP contribution in [0.25, 0.3) is 0 Å². The van der Waals surface area contributed by atoms with Gasteiger partial charge in [0.15, 0.2) is 0 Å². The van der Waals surface area contributed by atoms with E-state index >= 15 is 0 Å². The Balaban J connectivity index is 2.32. The van der Waals surface area contributed by atoms with Crippen molar-refractivity contribution in [1.29, 1.82) is 0 Å². The summed E-state index contributed by atoms with van der Waals surface area (Å²) in [6, 6.07) is 7.64. The lowest BCUT2D eigenvalue weighted by Crippen LogP contribution is -2.26. The molecule has 1 aromatic carbocycles. The van der Waals surface area contributed by atoms with Crippen LogP contribution >= 0.6 is 0 Å². The van der Waals surface area contributed by atoms with Crippen molar-refractivity contribution in [1.82, 2.24) is 10.3 Å². The van der Waals surface area contributed by atoms with E-state index in [-0.39, 0.29) is 11.9 Å². The molecule has 1 N–H and O–H groups in total. The van der Waals surface area contributed by atoms with E-state index in [2.05, 4.69) is 17.2 Å². The Kier molecular flexibility index (Phi) is 5.45. The minimum Gasteiger partial charge on any atom is -0.310 e. The van der Waals surface area contributed by atoms with Gasteiger partial charge < -0.3 is 5.32 Å². The zero-order chi connectivity index (χ0) is 15.2. The molecule has 112 valence electrons. The highest BCUT2D eigenvalue weighted by Gasteiger charge is 2.18. The summed E-state index contributed by atoms with van der Waals surface area (Å²) in [5.74, 6) is -0.116. The highest BCUT2D eigenvalue weighted by Crippen LogP contribution is 2.26. The van der Waals surface area contributed by atoms with Gasteiger partial charge in [-0.15, -0.1) is 0 Å². The van der Waals surface area contributed by atoms with E-state index in [0.717, 1.165) is 41.6 Å². The first-order chi connectivity index (χ1) is 10.1. The maximum absolute atomic E-state index is 14.4. The molecule has 0 bridgehead atoms. The van der Waals surface area contributed by atoms with E-state index in [1.807, 2.05) is 32.0 Å². The first-order valence-electron chi connectivity index (χ1n) is 7.50. The molecule has 1 aromatic heterocycles. The van der Waals surface area contributed by atoms with Gasteiger partial charge in [0, 0.05) is 24.0 Å². The normalized spacial score (nSPS) is 12.4. The molecule has 2 aromatic rings. The topological polar surface area (TPSA) is 24.9 Å². The number of benzene rings is 1. The number of aryl methyl sites for hydroxylation is 2. The predicted octanol–water partition coefficient (Wildman–Crippen LogP) is 4.12. The first kappa shape index (κ1) is 15.6. The SMILES string of the molecule is CCCNC(Cc1ccncc1)c1c(C)cc(C)cc1F. The lowest BCUT2D eigenvalue weighted by Gasteiger charge is -2.22. The maximum atomic E-state index is 14.4. The third kappa shape index (κ3) is 4.11. The fraction of sp³-hybridized carbons (Fsp3) is 0.389. The summed E-state index contributed by atoms with van der Waals surface area (Å²) >= 11 is 0. The van der Waals surface area contributed by atoms with Gasteiger partial charge in [-0.3, -0.25) is 4.98 Å². The molecule has 0 radical (unpaired) electrons. The summed E-state index contributed by atoms with van der Waals surface area (Å²) in [6.07, 6.45) is 5.36. The van der Waals surface area contributed by atoms with E-state index in [1.165, 1.54) is 0 Å². The predicted molar refractivity (Wildman–Crippen MR) is 84.8 cm³/mol. The Bertz CT molecular complexity index is 558.